The number of pyridine rings is 1. The van der Waals surface area contributed by atoms with Crippen molar-refractivity contribution in [1.29, 1.82) is 0 Å². The Balaban J connectivity index is 1.38. The number of carbonyl (C=O) groups excluding carboxylic acids is 1. The molecule has 5 nitrogen and oxygen atoms in total. The molecule has 2 saturated heterocycles. The van der Waals surface area contributed by atoms with Gasteiger partial charge in [0, 0.05) is 18.0 Å². The molecule has 2 N–H and O–H groups in total. The molecule has 1 aromatic rings. The van der Waals surface area contributed by atoms with Crippen LogP contribution in [0.3, 0.4) is 0 Å². The van der Waals surface area contributed by atoms with Gasteiger partial charge in [-0.15, -0.1) is 0 Å². The Morgan fingerprint density at radius 1 is 1.43 bits per heavy atom. The number of amides is 1. The number of piperidine rings is 1. The van der Waals surface area contributed by atoms with Crippen LogP contribution < -0.4 is 10.6 Å². The Hall–Kier alpha value is -0.980. The third kappa shape index (κ3) is 3.04. The van der Waals surface area contributed by atoms with Gasteiger partial charge in [0.05, 0.1) is 6.04 Å². The molecule has 0 bridgehead atoms. The molecule has 3 unspecified atom stereocenters. The third-order valence-electron chi connectivity index (χ3n) is 5.56. The highest BCUT2D eigenvalue weighted by Gasteiger charge is 2.61. The van der Waals surface area contributed by atoms with Crippen molar-refractivity contribution in [2.45, 2.75) is 44.7 Å². The Morgan fingerprint density at radius 2 is 2.22 bits per heavy atom. The predicted octanol–water partition coefficient (Wildman–Crippen LogP) is 2.31. The molecule has 4 rings (SSSR count). The van der Waals surface area contributed by atoms with Gasteiger partial charge in [-0.3, -0.25) is 4.79 Å². The minimum atomic E-state index is -0.0865. The van der Waals surface area contributed by atoms with Gasteiger partial charge in [0.15, 0.2) is 0 Å². The monoisotopic (exact) mass is 378 g/mol. The van der Waals surface area contributed by atoms with Crippen LogP contribution in [0, 0.1) is 12.3 Å². The maximum absolute atomic E-state index is 12.6. The lowest BCUT2D eigenvalue weighted by Crippen LogP contribution is -2.38. The van der Waals surface area contributed by atoms with Crippen LogP contribution in [-0.2, 0) is 4.79 Å². The van der Waals surface area contributed by atoms with Gasteiger partial charge in [-0.05, 0) is 73.3 Å². The minimum absolute atomic E-state index is 0.0479. The fourth-order valence-corrected chi connectivity index (χ4v) is 4.46. The Kier molecular flexibility index (Phi) is 3.94. The van der Waals surface area contributed by atoms with E-state index in [1.165, 1.54) is 32.4 Å². The number of hydrogen-bond acceptors (Lipinski definition) is 4. The topological polar surface area (TPSA) is 57.3 Å². The van der Waals surface area contributed by atoms with Gasteiger partial charge in [-0.25, -0.2) is 4.98 Å². The van der Waals surface area contributed by atoms with Crippen LogP contribution in [0.5, 0.6) is 0 Å². The molecule has 23 heavy (non-hydrogen) atoms. The largest absolute Gasteiger partial charge is 0.309 e. The standard InChI is InChI=1S/C17H23BrN4O/c1-11-4-5-14(18)20-15(11)21-16(23)12-8-17(9-13(17)19-12)10-22-6-2-3-7-22/h4-5,12-13,19H,2-3,6-10H2,1H3,(H,20,21,23). The van der Waals surface area contributed by atoms with E-state index in [1.807, 2.05) is 19.1 Å². The number of aromatic nitrogens is 1. The summed E-state index contributed by atoms with van der Waals surface area (Å²) in [6, 6.07) is 4.28. The summed E-state index contributed by atoms with van der Waals surface area (Å²) in [7, 11) is 0. The van der Waals surface area contributed by atoms with Crippen LogP contribution in [0.2, 0.25) is 0 Å². The Bertz CT molecular complexity index is 631. The van der Waals surface area contributed by atoms with Crippen LogP contribution in [0.15, 0.2) is 16.7 Å². The molecule has 0 aromatic carbocycles. The van der Waals surface area contributed by atoms with Crippen LogP contribution >= 0.6 is 15.9 Å². The van der Waals surface area contributed by atoms with Gasteiger partial charge in [0.2, 0.25) is 5.91 Å². The van der Waals surface area contributed by atoms with Crippen molar-refractivity contribution in [1.82, 2.24) is 15.2 Å². The third-order valence-corrected chi connectivity index (χ3v) is 6.00. The van der Waals surface area contributed by atoms with E-state index >= 15 is 0 Å². The number of hydrogen-bond donors (Lipinski definition) is 2. The maximum Gasteiger partial charge on any atom is 0.242 e. The van der Waals surface area contributed by atoms with E-state index in [2.05, 4.69) is 36.4 Å². The molecule has 0 spiro atoms. The molecule has 1 amide bonds. The van der Waals surface area contributed by atoms with Gasteiger partial charge >= 0.3 is 0 Å². The van der Waals surface area contributed by atoms with E-state index in [-0.39, 0.29) is 11.9 Å². The van der Waals surface area contributed by atoms with Gasteiger partial charge in [-0.2, -0.15) is 0 Å². The SMILES string of the molecule is Cc1ccc(Br)nc1NC(=O)C1CC2(CN3CCCC3)CC2N1. The average Bonchev–Trinajstić information content (AvgIpc) is 2.90. The fraction of sp³-hybridized carbons (Fsp3) is 0.647. The first-order valence-electron chi connectivity index (χ1n) is 8.48. The van der Waals surface area contributed by atoms with E-state index in [0.717, 1.165) is 23.1 Å². The molecule has 3 atom stereocenters. The summed E-state index contributed by atoms with van der Waals surface area (Å²) in [4.78, 5) is 19.5. The number of fused-ring (bicyclic) bond motifs is 1. The van der Waals surface area contributed by atoms with Crippen molar-refractivity contribution in [2.24, 2.45) is 5.41 Å². The molecule has 1 aliphatic carbocycles. The van der Waals surface area contributed by atoms with E-state index in [0.29, 0.717) is 17.3 Å². The van der Waals surface area contributed by atoms with Crippen LogP contribution in [-0.4, -0.2) is 47.5 Å². The highest BCUT2D eigenvalue weighted by molar-refractivity contribution is 9.10. The molecule has 3 fully saturated rings. The summed E-state index contributed by atoms with van der Waals surface area (Å²) in [6.45, 7) is 5.57. The van der Waals surface area contributed by atoms with Crippen molar-refractivity contribution in [3.8, 4) is 0 Å². The van der Waals surface area contributed by atoms with Crippen LogP contribution in [0.4, 0.5) is 5.82 Å². The van der Waals surface area contributed by atoms with E-state index in [4.69, 9.17) is 0 Å². The van der Waals surface area contributed by atoms with Crippen molar-refractivity contribution < 1.29 is 4.79 Å². The maximum atomic E-state index is 12.6. The smallest absolute Gasteiger partial charge is 0.242 e. The lowest BCUT2D eigenvalue weighted by molar-refractivity contribution is -0.118. The first-order valence-corrected chi connectivity index (χ1v) is 9.27. The number of aryl methyl sites for hydroxylation is 1. The number of halogens is 1. The Labute approximate surface area is 145 Å². The number of anilines is 1. The van der Waals surface area contributed by atoms with Gasteiger partial charge in [-0.1, -0.05) is 6.07 Å². The molecule has 3 aliphatic rings. The van der Waals surface area contributed by atoms with Gasteiger partial charge in [0.1, 0.15) is 10.4 Å². The summed E-state index contributed by atoms with van der Waals surface area (Å²) in [5.74, 6) is 0.701. The molecular weight excluding hydrogens is 356 g/mol. The minimum Gasteiger partial charge on any atom is -0.309 e. The van der Waals surface area contributed by atoms with E-state index < -0.39 is 0 Å². The molecule has 1 aromatic heterocycles. The van der Waals surface area contributed by atoms with Crippen LogP contribution in [0.25, 0.3) is 0 Å². The molecular formula is C17H23BrN4O. The highest BCUT2D eigenvalue weighted by Crippen LogP contribution is 2.55. The lowest BCUT2D eigenvalue weighted by atomic mass is 9.98. The summed E-state index contributed by atoms with van der Waals surface area (Å²) in [5.41, 5.74) is 1.32. The van der Waals surface area contributed by atoms with Crippen molar-refractivity contribution in [2.75, 3.05) is 25.0 Å². The van der Waals surface area contributed by atoms with Gasteiger partial charge < -0.3 is 15.5 Å². The first kappa shape index (κ1) is 15.5. The second kappa shape index (κ2) is 5.83. The number of rotatable bonds is 4. The average molecular weight is 379 g/mol. The second-order valence-electron chi connectivity index (χ2n) is 7.31. The molecule has 0 radical (unpaired) electrons. The van der Waals surface area contributed by atoms with Crippen molar-refractivity contribution in [3.63, 3.8) is 0 Å². The predicted molar refractivity (Wildman–Crippen MR) is 93.4 cm³/mol. The molecule has 3 heterocycles. The zero-order valence-electron chi connectivity index (χ0n) is 13.4. The zero-order chi connectivity index (χ0) is 16.0. The van der Waals surface area contributed by atoms with Crippen molar-refractivity contribution >= 4 is 27.7 Å². The number of nitrogens with one attached hydrogen (secondary N) is 2. The quantitative estimate of drug-likeness (QED) is 0.789. The highest BCUT2D eigenvalue weighted by atomic mass is 79.9. The van der Waals surface area contributed by atoms with Crippen LogP contribution in [0.1, 0.15) is 31.2 Å². The number of carbonyl (C=O) groups is 1. The summed E-state index contributed by atoms with van der Waals surface area (Å²) in [5, 5.41) is 6.51. The second-order valence-corrected chi connectivity index (χ2v) is 8.13. The first-order chi connectivity index (χ1) is 11.1. The molecule has 1 saturated carbocycles. The van der Waals surface area contributed by atoms with E-state index in [1.54, 1.807) is 0 Å². The summed E-state index contributed by atoms with van der Waals surface area (Å²) < 4.78 is 0.742. The van der Waals surface area contributed by atoms with E-state index in [9.17, 15) is 4.79 Å². The molecule has 6 heteroatoms. The zero-order valence-corrected chi connectivity index (χ0v) is 15.0. The molecule has 124 valence electrons. The number of nitrogens with zero attached hydrogens (tertiary/aromatic N) is 2. The Morgan fingerprint density at radius 3 is 3.00 bits per heavy atom. The molecule has 2 aliphatic heterocycles. The van der Waals surface area contributed by atoms with Crippen molar-refractivity contribution in [3.05, 3.63) is 22.3 Å². The van der Waals surface area contributed by atoms with Gasteiger partial charge in [0.25, 0.3) is 0 Å². The number of likely N-dealkylation sites (tertiary alicyclic amines) is 1. The fourth-order valence-electron chi connectivity index (χ4n) is 4.15. The lowest BCUT2D eigenvalue weighted by Gasteiger charge is -2.22. The normalized spacial score (nSPS) is 32.8. The summed E-state index contributed by atoms with van der Waals surface area (Å²) in [6.07, 6.45) is 4.83. The summed E-state index contributed by atoms with van der Waals surface area (Å²) >= 11 is 3.36.